The van der Waals surface area contributed by atoms with Crippen LogP contribution in [-0.2, 0) is 0 Å². The molecule has 0 aliphatic carbocycles. The number of hydrogen-bond acceptors (Lipinski definition) is 2. The topological polar surface area (TPSA) is 21.3 Å². The van der Waals surface area contributed by atoms with E-state index < -0.39 is 0 Å². The van der Waals surface area contributed by atoms with Gasteiger partial charge in [0, 0.05) is 13.1 Å². The Balaban J connectivity index is 1.96. The Hall–Kier alpha value is -1.02. The highest BCUT2D eigenvalue weighted by atomic mass is 16.5. The lowest BCUT2D eigenvalue weighted by Crippen LogP contribution is -2.50. The minimum atomic E-state index is 0.374. The SMILES string of the molecule is CC[C@H](C)c1ccc(OC2CNC2)cc1. The molecule has 1 aliphatic heterocycles. The fourth-order valence-corrected chi connectivity index (χ4v) is 1.65. The highest BCUT2D eigenvalue weighted by Gasteiger charge is 2.17. The molecule has 0 saturated carbocycles. The standard InChI is InChI=1S/C13H19NO/c1-3-10(2)11-4-6-12(7-5-11)15-13-8-14-9-13/h4-7,10,13-14H,3,8-9H2,1-2H3/t10-/m0/s1. The third-order valence-electron chi connectivity index (χ3n) is 3.11. The summed E-state index contributed by atoms with van der Waals surface area (Å²) < 4.78 is 5.76. The molecule has 82 valence electrons. The van der Waals surface area contributed by atoms with Crippen LogP contribution in [0.5, 0.6) is 5.75 Å². The van der Waals surface area contributed by atoms with Gasteiger partial charge in [0.15, 0.2) is 0 Å². The molecule has 0 spiro atoms. The molecule has 0 aromatic heterocycles. The average Bonchev–Trinajstić information content (AvgIpc) is 2.23. The molecule has 2 nitrogen and oxygen atoms in total. The molecule has 0 amide bonds. The predicted octanol–water partition coefficient (Wildman–Crippen LogP) is 2.55. The molecule has 1 saturated heterocycles. The summed E-state index contributed by atoms with van der Waals surface area (Å²) in [6.45, 7) is 6.43. The van der Waals surface area contributed by atoms with Crippen molar-refractivity contribution in [1.82, 2.24) is 5.32 Å². The molecule has 0 unspecified atom stereocenters. The van der Waals surface area contributed by atoms with Crippen LogP contribution in [0, 0.1) is 0 Å². The maximum absolute atomic E-state index is 5.76. The van der Waals surface area contributed by atoms with Gasteiger partial charge in [0.2, 0.25) is 0 Å². The Morgan fingerprint density at radius 3 is 2.47 bits per heavy atom. The van der Waals surface area contributed by atoms with Crippen molar-refractivity contribution >= 4 is 0 Å². The molecule has 1 aromatic rings. The summed E-state index contributed by atoms with van der Waals surface area (Å²) in [7, 11) is 0. The van der Waals surface area contributed by atoms with Gasteiger partial charge in [-0.2, -0.15) is 0 Å². The van der Waals surface area contributed by atoms with Gasteiger partial charge in [-0.3, -0.25) is 0 Å². The molecular weight excluding hydrogens is 186 g/mol. The van der Waals surface area contributed by atoms with E-state index in [0.717, 1.165) is 18.8 Å². The van der Waals surface area contributed by atoms with E-state index in [2.05, 4.69) is 43.4 Å². The van der Waals surface area contributed by atoms with Gasteiger partial charge >= 0.3 is 0 Å². The van der Waals surface area contributed by atoms with Crippen molar-refractivity contribution in [3.8, 4) is 5.75 Å². The largest absolute Gasteiger partial charge is 0.488 e. The number of rotatable bonds is 4. The summed E-state index contributed by atoms with van der Waals surface area (Å²) >= 11 is 0. The fourth-order valence-electron chi connectivity index (χ4n) is 1.65. The van der Waals surface area contributed by atoms with Crippen LogP contribution in [0.4, 0.5) is 0 Å². The van der Waals surface area contributed by atoms with Crippen LogP contribution < -0.4 is 10.1 Å². The van der Waals surface area contributed by atoms with Gasteiger partial charge in [-0.15, -0.1) is 0 Å². The zero-order valence-corrected chi connectivity index (χ0v) is 9.49. The molecule has 0 bridgehead atoms. The average molecular weight is 205 g/mol. The van der Waals surface area contributed by atoms with Gasteiger partial charge in [-0.05, 0) is 30.0 Å². The minimum Gasteiger partial charge on any atom is -0.488 e. The lowest BCUT2D eigenvalue weighted by molar-refractivity contribution is 0.142. The number of hydrogen-bond donors (Lipinski definition) is 1. The Labute approximate surface area is 91.6 Å². The number of ether oxygens (including phenoxy) is 1. The van der Waals surface area contributed by atoms with Gasteiger partial charge < -0.3 is 10.1 Å². The first kappa shape index (κ1) is 10.5. The number of nitrogens with one attached hydrogen (secondary N) is 1. The van der Waals surface area contributed by atoms with E-state index in [0.29, 0.717) is 12.0 Å². The summed E-state index contributed by atoms with van der Waals surface area (Å²) in [6.07, 6.45) is 1.56. The minimum absolute atomic E-state index is 0.374. The van der Waals surface area contributed by atoms with Gasteiger partial charge in [-0.1, -0.05) is 26.0 Å². The van der Waals surface area contributed by atoms with Crippen molar-refractivity contribution in [2.45, 2.75) is 32.3 Å². The van der Waals surface area contributed by atoms with Crippen molar-refractivity contribution in [2.75, 3.05) is 13.1 Å². The van der Waals surface area contributed by atoms with Crippen LogP contribution in [0.25, 0.3) is 0 Å². The van der Waals surface area contributed by atoms with Crippen molar-refractivity contribution < 1.29 is 4.74 Å². The number of benzene rings is 1. The Kier molecular flexibility index (Phi) is 3.27. The normalized spacial score (nSPS) is 18.3. The van der Waals surface area contributed by atoms with Crippen LogP contribution in [0.2, 0.25) is 0 Å². The van der Waals surface area contributed by atoms with E-state index in [1.54, 1.807) is 0 Å². The first-order valence-electron chi connectivity index (χ1n) is 5.77. The van der Waals surface area contributed by atoms with E-state index in [-0.39, 0.29) is 0 Å². The highest BCUT2D eigenvalue weighted by molar-refractivity contribution is 5.29. The van der Waals surface area contributed by atoms with Crippen molar-refractivity contribution in [3.05, 3.63) is 29.8 Å². The Bertz CT molecular complexity index is 303. The quantitative estimate of drug-likeness (QED) is 0.815. The second kappa shape index (κ2) is 4.67. The lowest BCUT2D eigenvalue weighted by atomic mass is 9.99. The summed E-state index contributed by atoms with van der Waals surface area (Å²) in [4.78, 5) is 0. The first-order valence-corrected chi connectivity index (χ1v) is 5.77. The summed E-state index contributed by atoms with van der Waals surface area (Å²) in [6, 6.07) is 8.52. The molecule has 0 radical (unpaired) electrons. The maximum atomic E-state index is 5.76. The Morgan fingerprint density at radius 1 is 1.33 bits per heavy atom. The molecule has 15 heavy (non-hydrogen) atoms. The Morgan fingerprint density at radius 2 is 2.00 bits per heavy atom. The summed E-state index contributed by atoms with van der Waals surface area (Å²) in [5, 5.41) is 3.20. The zero-order valence-electron chi connectivity index (χ0n) is 9.49. The van der Waals surface area contributed by atoms with Gasteiger partial charge in [-0.25, -0.2) is 0 Å². The summed E-state index contributed by atoms with van der Waals surface area (Å²) in [5.41, 5.74) is 1.40. The van der Waals surface area contributed by atoms with Gasteiger partial charge in [0.25, 0.3) is 0 Å². The van der Waals surface area contributed by atoms with Gasteiger partial charge in [0.1, 0.15) is 11.9 Å². The van der Waals surface area contributed by atoms with E-state index >= 15 is 0 Å². The molecule has 2 rings (SSSR count). The van der Waals surface area contributed by atoms with Crippen molar-refractivity contribution in [2.24, 2.45) is 0 Å². The molecule has 1 aromatic carbocycles. The molecule has 1 atom stereocenters. The fraction of sp³-hybridized carbons (Fsp3) is 0.538. The third-order valence-corrected chi connectivity index (χ3v) is 3.11. The first-order chi connectivity index (χ1) is 7.29. The molecule has 1 aliphatic rings. The second-order valence-electron chi connectivity index (χ2n) is 4.28. The predicted molar refractivity (Wildman–Crippen MR) is 62.4 cm³/mol. The van der Waals surface area contributed by atoms with E-state index in [1.807, 2.05) is 0 Å². The molecule has 1 heterocycles. The molecule has 1 fully saturated rings. The van der Waals surface area contributed by atoms with Crippen molar-refractivity contribution in [1.29, 1.82) is 0 Å². The molecule has 1 N–H and O–H groups in total. The van der Waals surface area contributed by atoms with E-state index in [9.17, 15) is 0 Å². The van der Waals surface area contributed by atoms with E-state index in [4.69, 9.17) is 4.74 Å². The van der Waals surface area contributed by atoms with Gasteiger partial charge in [0.05, 0.1) is 0 Å². The molecule has 2 heteroatoms. The monoisotopic (exact) mass is 205 g/mol. The van der Waals surface area contributed by atoms with Crippen LogP contribution in [0.15, 0.2) is 24.3 Å². The van der Waals surface area contributed by atoms with Crippen LogP contribution in [0.1, 0.15) is 31.7 Å². The molecular formula is C13H19NO. The van der Waals surface area contributed by atoms with Crippen LogP contribution in [-0.4, -0.2) is 19.2 Å². The van der Waals surface area contributed by atoms with E-state index in [1.165, 1.54) is 12.0 Å². The summed E-state index contributed by atoms with van der Waals surface area (Å²) in [5.74, 6) is 1.64. The smallest absolute Gasteiger partial charge is 0.123 e. The van der Waals surface area contributed by atoms with Crippen LogP contribution in [0.3, 0.4) is 0 Å². The maximum Gasteiger partial charge on any atom is 0.123 e. The van der Waals surface area contributed by atoms with Crippen molar-refractivity contribution in [3.63, 3.8) is 0 Å². The second-order valence-corrected chi connectivity index (χ2v) is 4.28. The highest BCUT2D eigenvalue weighted by Crippen LogP contribution is 2.22. The van der Waals surface area contributed by atoms with Crippen LogP contribution >= 0.6 is 0 Å². The lowest BCUT2D eigenvalue weighted by Gasteiger charge is -2.27. The zero-order chi connectivity index (χ0) is 10.7. The third kappa shape index (κ3) is 2.51.